The summed E-state index contributed by atoms with van der Waals surface area (Å²) in [4.78, 5) is 0. The molecule has 0 radical (unpaired) electrons. The maximum Gasteiger partial charge on any atom is 0.247 e. The molecule has 0 aromatic rings. The Morgan fingerprint density at radius 1 is 1.91 bits per heavy atom. The molecule has 2 unspecified atom stereocenters. The topological polar surface area (TPSA) is 18.5 Å². The monoisotopic (exact) mass is 208 g/mol. The van der Waals surface area contributed by atoms with Gasteiger partial charge in [0.1, 0.15) is 0 Å². The van der Waals surface area contributed by atoms with Gasteiger partial charge < -0.3 is 9.05 Å². The van der Waals surface area contributed by atoms with Crippen LogP contribution in [0.4, 0.5) is 0 Å². The lowest BCUT2D eigenvalue weighted by Crippen LogP contribution is -2.14. The van der Waals surface area contributed by atoms with Crippen LogP contribution in [0.15, 0.2) is 0 Å². The largest absolute Gasteiger partial charge is 0.325 e. The van der Waals surface area contributed by atoms with Crippen molar-refractivity contribution in [2.24, 2.45) is 5.92 Å². The molecule has 0 N–H and O–H groups in total. The summed E-state index contributed by atoms with van der Waals surface area (Å²) in [6.07, 6.45) is 5.23. The Labute approximate surface area is 75.9 Å². The molecule has 62 valence electrons. The van der Waals surface area contributed by atoms with Crippen LogP contribution >= 0.6 is 17.1 Å². The van der Waals surface area contributed by atoms with Crippen LogP contribution in [-0.4, -0.2) is 19.5 Å². The molecule has 1 heterocycles. The van der Waals surface area contributed by atoms with Gasteiger partial charge in [0.25, 0.3) is 0 Å². The lowest BCUT2D eigenvalue weighted by molar-refractivity contribution is 0.269. The highest BCUT2D eigenvalue weighted by Crippen LogP contribution is 2.63. The quantitative estimate of drug-likeness (QED) is 0.483. The van der Waals surface area contributed by atoms with Gasteiger partial charge in [0.2, 0.25) is 5.69 Å². The number of hydrogen-bond donors (Lipinski definition) is 0. The molecule has 0 aromatic carbocycles. The average molecular weight is 208 g/mol. The van der Waals surface area contributed by atoms with E-state index in [1.807, 2.05) is 0 Å². The van der Waals surface area contributed by atoms with Gasteiger partial charge >= 0.3 is 0 Å². The third kappa shape index (κ3) is 2.47. The van der Waals surface area contributed by atoms with E-state index in [-0.39, 0.29) is 5.92 Å². The van der Waals surface area contributed by atoms with E-state index >= 15 is 0 Å². The number of rotatable bonds is 1. The summed E-state index contributed by atoms with van der Waals surface area (Å²) in [6, 6.07) is 0. The summed E-state index contributed by atoms with van der Waals surface area (Å²) < 4.78 is 10.4. The molecule has 1 fully saturated rings. The number of hydrogen-bond acceptors (Lipinski definition) is 4. The highest BCUT2D eigenvalue weighted by Gasteiger charge is 2.26. The van der Waals surface area contributed by atoms with Crippen LogP contribution < -0.4 is 0 Å². The van der Waals surface area contributed by atoms with Gasteiger partial charge in [-0.15, -0.1) is 12.3 Å². The maximum absolute atomic E-state index is 5.34. The second-order valence-corrected chi connectivity index (χ2v) is 8.55. The fourth-order valence-corrected chi connectivity index (χ4v) is 4.39. The Kier molecular flexibility index (Phi) is 3.42. The summed E-state index contributed by atoms with van der Waals surface area (Å²) in [5.74, 6) is 3.70. The minimum Gasteiger partial charge on any atom is -0.325 e. The van der Waals surface area contributed by atoms with Crippen LogP contribution in [0.2, 0.25) is 0 Å². The summed E-state index contributed by atoms with van der Waals surface area (Å²) >= 11 is 6.65. The van der Waals surface area contributed by atoms with Crippen LogP contribution in [0, 0.1) is 18.3 Å². The maximum atomic E-state index is 5.34. The fraction of sp³-hybridized carbons (Fsp3) is 0.667. The second kappa shape index (κ2) is 3.93. The van der Waals surface area contributed by atoms with Gasteiger partial charge in [-0.2, -0.15) is 0 Å². The Hall–Kier alpha value is 0.480. The van der Waals surface area contributed by atoms with Crippen LogP contribution in [0.25, 0.3) is 0 Å². The summed E-state index contributed by atoms with van der Waals surface area (Å²) in [5, 5.41) is 0. The molecule has 2 nitrogen and oxygen atoms in total. The lowest BCUT2D eigenvalue weighted by atomic mass is 10.2. The standard InChI is InChI=1S/C6H9O2PS2/c1-3-6-4-8-9(10,7-2)11-5-6/h1,6H,4-5H2,2H3. The lowest BCUT2D eigenvalue weighted by Gasteiger charge is -2.26. The van der Waals surface area contributed by atoms with Crippen molar-refractivity contribution < 1.29 is 9.05 Å². The third-order valence-electron chi connectivity index (χ3n) is 1.33. The second-order valence-electron chi connectivity index (χ2n) is 2.08. The third-order valence-corrected chi connectivity index (χ3v) is 6.98. The van der Waals surface area contributed by atoms with Gasteiger partial charge in [-0.25, -0.2) is 0 Å². The SMILES string of the molecule is C#CC1COP(=S)(OC)SC1. The summed E-state index contributed by atoms with van der Waals surface area (Å²) in [6.45, 7) is 0.550. The van der Waals surface area contributed by atoms with Crippen LogP contribution in [0.3, 0.4) is 0 Å². The van der Waals surface area contributed by atoms with E-state index in [2.05, 4.69) is 5.92 Å². The van der Waals surface area contributed by atoms with E-state index in [0.717, 1.165) is 5.75 Å². The van der Waals surface area contributed by atoms with Gasteiger partial charge in [-0.05, 0) is 11.8 Å². The zero-order chi connectivity index (χ0) is 8.32. The predicted molar refractivity (Wildman–Crippen MR) is 52.0 cm³/mol. The Morgan fingerprint density at radius 3 is 3.00 bits per heavy atom. The van der Waals surface area contributed by atoms with Gasteiger partial charge in [0.15, 0.2) is 0 Å². The Bertz CT molecular complexity index is 211. The average Bonchev–Trinajstić information content (AvgIpc) is 2.06. The van der Waals surface area contributed by atoms with Gasteiger partial charge in [-0.1, -0.05) is 11.4 Å². The molecule has 0 aliphatic carbocycles. The predicted octanol–water partition coefficient (Wildman–Crippen LogP) is 1.87. The minimum atomic E-state index is -1.99. The highest BCUT2D eigenvalue weighted by atomic mass is 32.9. The molecule has 1 aliphatic rings. The molecular formula is C6H9O2PS2. The van der Waals surface area contributed by atoms with E-state index in [1.54, 1.807) is 7.11 Å². The molecular weight excluding hydrogens is 199 g/mol. The molecule has 1 aliphatic heterocycles. The van der Waals surface area contributed by atoms with Gasteiger partial charge in [0, 0.05) is 12.9 Å². The number of terminal acetylenes is 1. The molecule has 5 heteroatoms. The van der Waals surface area contributed by atoms with Crippen molar-refractivity contribution in [3.05, 3.63) is 0 Å². The van der Waals surface area contributed by atoms with E-state index in [4.69, 9.17) is 27.3 Å². The zero-order valence-corrected chi connectivity index (χ0v) is 8.68. The van der Waals surface area contributed by atoms with E-state index in [0.29, 0.717) is 6.61 Å². The molecule has 1 rings (SSSR count). The zero-order valence-electron chi connectivity index (χ0n) is 6.15. The molecule has 0 spiro atoms. The van der Waals surface area contributed by atoms with Gasteiger partial charge in [-0.3, -0.25) is 0 Å². The first-order valence-electron chi connectivity index (χ1n) is 3.11. The van der Waals surface area contributed by atoms with Crippen molar-refractivity contribution in [3.8, 4) is 12.3 Å². The summed E-state index contributed by atoms with van der Waals surface area (Å²) in [7, 11) is 1.59. The first-order chi connectivity index (χ1) is 5.20. The molecule has 0 saturated carbocycles. The van der Waals surface area contributed by atoms with Crippen LogP contribution in [0.5, 0.6) is 0 Å². The van der Waals surface area contributed by atoms with Crippen molar-refractivity contribution in [1.82, 2.24) is 0 Å². The van der Waals surface area contributed by atoms with Crippen LogP contribution in [0.1, 0.15) is 0 Å². The van der Waals surface area contributed by atoms with Gasteiger partial charge in [0.05, 0.1) is 12.5 Å². The summed E-state index contributed by atoms with van der Waals surface area (Å²) in [5.41, 5.74) is -1.99. The van der Waals surface area contributed by atoms with Crippen molar-refractivity contribution >= 4 is 28.9 Å². The van der Waals surface area contributed by atoms with Crippen molar-refractivity contribution in [2.75, 3.05) is 19.5 Å². The van der Waals surface area contributed by atoms with E-state index in [1.165, 1.54) is 11.4 Å². The first-order valence-corrected chi connectivity index (χ1v) is 7.34. The molecule has 2 atom stereocenters. The van der Waals surface area contributed by atoms with Crippen LogP contribution in [-0.2, 0) is 20.9 Å². The molecule has 0 aromatic heterocycles. The molecule has 1 saturated heterocycles. The Balaban J connectivity index is 2.49. The van der Waals surface area contributed by atoms with Crippen molar-refractivity contribution in [3.63, 3.8) is 0 Å². The van der Waals surface area contributed by atoms with E-state index in [9.17, 15) is 0 Å². The molecule has 0 bridgehead atoms. The normalized spacial score (nSPS) is 38.0. The van der Waals surface area contributed by atoms with Crippen molar-refractivity contribution in [2.45, 2.75) is 0 Å². The van der Waals surface area contributed by atoms with Crippen molar-refractivity contribution in [1.29, 1.82) is 0 Å². The fourth-order valence-electron chi connectivity index (χ4n) is 0.650. The minimum absolute atomic E-state index is 0.200. The molecule has 0 amide bonds. The first kappa shape index (κ1) is 9.57. The highest BCUT2D eigenvalue weighted by molar-refractivity contribution is 8.67. The molecule has 11 heavy (non-hydrogen) atoms. The van der Waals surface area contributed by atoms with E-state index < -0.39 is 5.69 Å². The smallest absolute Gasteiger partial charge is 0.247 e. The Morgan fingerprint density at radius 2 is 2.64 bits per heavy atom.